The minimum Gasteiger partial charge on any atom is -0.423 e. The maximum absolute atomic E-state index is 12.3. The van der Waals surface area contributed by atoms with Crippen molar-refractivity contribution < 1.29 is 9.53 Å². The van der Waals surface area contributed by atoms with E-state index in [1.54, 1.807) is 24.3 Å². The average Bonchev–Trinajstić information content (AvgIpc) is 2.70. The summed E-state index contributed by atoms with van der Waals surface area (Å²) in [5.41, 5.74) is 3.66. The highest BCUT2D eigenvalue weighted by Crippen LogP contribution is 2.21. The molecule has 0 aliphatic rings. The zero-order chi connectivity index (χ0) is 19.1. The third-order valence-electron chi connectivity index (χ3n) is 4.33. The fourth-order valence-corrected chi connectivity index (χ4v) is 3.03. The van der Waals surface area contributed by atoms with Crippen LogP contribution >= 0.6 is 15.9 Å². The van der Waals surface area contributed by atoms with Crippen LogP contribution in [0.2, 0.25) is 0 Å². The molecule has 3 rings (SSSR count). The van der Waals surface area contributed by atoms with Gasteiger partial charge in [-0.05, 0) is 60.9 Å². The second-order valence-corrected chi connectivity index (χ2v) is 7.35. The molecule has 4 heteroatoms. The highest BCUT2D eigenvalue weighted by atomic mass is 79.9. The molecule has 0 aliphatic heterocycles. The number of aromatic nitrogens is 1. The summed E-state index contributed by atoms with van der Waals surface area (Å²) in [7, 11) is 0. The fraction of sp³-hybridized carbons (Fsp3) is 0.217. The topological polar surface area (TPSA) is 39.2 Å². The summed E-state index contributed by atoms with van der Waals surface area (Å²) in [5.74, 6) is 0.149. The number of halogens is 1. The molecule has 1 heterocycles. The first-order valence-electron chi connectivity index (χ1n) is 9.19. The van der Waals surface area contributed by atoms with Gasteiger partial charge >= 0.3 is 5.97 Å². The number of ether oxygens (including phenoxy) is 1. The van der Waals surface area contributed by atoms with Crippen molar-refractivity contribution in [3.8, 4) is 17.0 Å². The third kappa shape index (κ3) is 5.51. The number of benzene rings is 2. The smallest absolute Gasteiger partial charge is 0.343 e. The Balaban J connectivity index is 1.64. The lowest BCUT2D eigenvalue weighted by Gasteiger charge is -2.06. The highest BCUT2D eigenvalue weighted by Gasteiger charge is 2.09. The summed E-state index contributed by atoms with van der Waals surface area (Å²) in [6.07, 6.45) is 6.69. The maximum atomic E-state index is 12.3. The van der Waals surface area contributed by atoms with Gasteiger partial charge < -0.3 is 4.74 Å². The van der Waals surface area contributed by atoms with Crippen molar-refractivity contribution in [2.45, 2.75) is 32.6 Å². The third-order valence-corrected chi connectivity index (χ3v) is 4.86. The highest BCUT2D eigenvalue weighted by molar-refractivity contribution is 9.10. The minimum absolute atomic E-state index is 0.372. The molecule has 0 atom stereocenters. The molecule has 138 valence electrons. The van der Waals surface area contributed by atoms with Gasteiger partial charge in [0, 0.05) is 16.2 Å². The lowest BCUT2D eigenvalue weighted by atomic mass is 10.1. The Morgan fingerprint density at radius 2 is 1.70 bits per heavy atom. The van der Waals surface area contributed by atoms with Crippen molar-refractivity contribution >= 4 is 21.9 Å². The van der Waals surface area contributed by atoms with Gasteiger partial charge in [-0.15, -0.1) is 0 Å². The molecule has 0 fully saturated rings. The Morgan fingerprint density at radius 3 is 2.33 bits per heavy atom. The van der Waals surface area contributed by atoms with E-state index < -0.39 is 0 Å². The predicted octanol–water partition coefficient (Wildman–Crippen LogP) is 6.46. The fourth-order valence-electron chi connectivity index (χ4n) is 2.77. The molecule has 0 saturated carbocycles. The van der Waals surface area contributed by atoms with E-state index in [1.165, 1.54) is 24.8 Å². The molecular weight excluding hydrogens is 402 g/mol. The van der Waals surface area contributed by atoms with E-state index in [0.29, 0.717) is 11.3 Å². The van der Waals surface area contributed by atoms with Gasteiger partial charge in [0.15, 0.2) is 0 Å². The molecule has 1 aromatic heterocycles. The van der Waals surface area contributed by atoms with E-state index in [9.17, 15) is 4.79 Å². The summed E-state index contributed by atoms with van der Waals surface area (Å²) >= 11 is 3.36. The van der Waals surface area contributed by atoms with Crippen LogP contribution < -0.4 is 4.74 Å². The Kier molecular flexibility index (Phi) is 6.77. The van der Waals surface area contributed by atoms with Crippen LogP contribution in [0.15, 0.2) is 71.3 Å². The lowest BCUT2D eigenvalue weighted by Crippen LogP contribution is -2.08. The van der Waals surface area contributed by atoms with E-state index in [4.69, 9.17) is 4.74 Å². The maximum Gasteiger partial charge on any atom is 0.343 e. The molecule has 0 bridgehead atoms. The van der Waals surface area contributed by atoms with E-state index in [2.05, 4.69) is 33.9 Å². The Hall–Kier alpha value is -2.46. The van der Waals surface area contributed by atoms with Crippen molar-refractivity contribution in [2.24, 2.45) is 0 Å². The largest absolute Gasteiger partial charge is 0.423 e. The molecule has 0 N–H and O–H groups in total. The normalized spacial score (nSPS) is 10.6. The van der Waals surface area contributed by atoms with Crippen molar-refractivity contribution in [3.05, 3.63) is 82.5 Å². The predicted molar refractivity (Wildman–Crippen MR) is 112 cm³/mol. The van der Waals surface area contributed by atoms with Crippen molar-refractivity contribution in [1.29, 1.82) is 0 Å². The van der Waals surface area contributed by atoms with Gasteiger partial charge in [0.2, 0.25) is 0 Å². The standard InChI is InChI=1S/C23H22BrNO2/c1-2-3-4-5-17-6-15-22(25-16-17)18-7-9-19(10-8-18)23(26)27-21-13-11-20(24)12-14-21/h6-16H,2-5H2,1H3. The molecule has 2 aromatic carbocycles. The number of hydrogen-bond donors (Lipinski definition) is 0. The number of pyridine rings is 1. The Morgan fingerprint density at radius 1 is 0.963 bits per heavy atom. The summed E-state index contributed by atoms with van der Waals surface area (Å²) in [5, 5.41) is 0. The van der Waals surface area contributed by atoms with Crippen LogP contribution in [0.5, 0.6) is 5.75 Å². The first-order chi connectivity index (χ1) is 13.2. The van der Waals surface area contributed by atoms with Crippen LogP contribution in [0.25, 0.3) is 11.3 Å². The Labute approximate surface area is 168 Å². The summed E-state index contributed by atoms with van der Waals surface area (Å²) < 4.78 is 6.33. The van der Waals surface area contributed by atoms with E-state index in [1.807, 2.05) is 36.5 Å². The molecule has 0 spiro atoms. The number of nitrogens with zero attached hydrogens (tertiary/aromatic N) is 1. The number of hydrogen-bond acceptors (Lipinski definition) is 3. The minimum atomic E-state index is -0.372. The molecule has 3 aromatic rings. The van der Waals surface area contributed by atoms with Gasteiger partial charge in [0.25, 0.3) is 0 Å². The summed E-state index contributed by atoms with van der Waals surface area (Å²) in [6, 6.07) is 18.7. The van der Waals surface area contributed by atoms with Gasteiger partial charge in [0.05, 0.1) is 11.3 Å². The number of rotatable bonds is 7. The second kappa shape index (κ2) is 9.47. The van der Waals surface area contributed by atoms with Gasteiger partial charge in [-0.2, -0.15) is 0 Å². The number of esters is 1. The summed E-state index contributed by atoms with van der Waals surface area (Å²) in [4.78, 5) is 16.8. The molecule has 0 aliphatic carbocycles. The molecule has 0 unspecified atom stereocenters. The molecule has 3 nitrogen and oxygen atoms in total. The van der Waals surface area contributed by atoms with Gasteiger partial charge in [-0.1, -0.05) is 53.9 Å². The number of unbranched alkanes of at least 4 members (excludes halogenated alkanes) is 2. The van der Waals surface area contributed by atoms with E-state index in [0.717, 1.165) is 22.2 Å². The van der Waals surface area contributed by atoms with Crippen LogP contribution in [0.3, 0.4) is 0 Å². The lowest BCUT2D eigenvalue weighted by molar-refractivity contribution is 0.0735. The van der Waals surface area contributed by atoms with Crippen molar-refractivity contribution in [3.63, 3.8) is 0 Å². The SMILES string of the molecule is CCCCCc1ccc(-c2ccc(C(=O)Oc3ccc(Br)cc3)cc2)nc1. The van der Waals surface area contributed by atoms with Crippen LogP contribution in [-0.2, 0) is 6.42 Å². The van der Waals surface area contributed by atoms with Crippen molar-refractivity contribution in [2.75, 3.05) is 0 Å². The first kappa shape index (κ1) is 19.3. The molecule has 0 radical (unpaired) electrons. The molecule has 0 amide bonds. The van der Waals surface area contributed by atoms with Crippen LogP contribution in [0.4, 0.5) is 0 Å². The molecule has 0 saturated heterocycles. The second-order valence-electron chi connectivity index (χ2n) is 6.43. The van der Waals surface area contributed by atoms with E-state index in [-0.39, 0.29) is 5.97 Å². The molecular formula is C23H22BrNO2. The molecule has 27 heavy (non-hydrogen) atoms. The quantitative estimate of drug-likeness (QED) is 0.248. The first-order valence-corrected chi connectivity index (χ1v) is 9.98. The summed E-state index contributed by atoms with van der Waals surface area (Å²) in [6.45, 7) is 2.21. The zero-order valence-corrected chi connectivity index (χ0v) is 16.9. The number of carbonyl (C=O) groups is 1. The van der Waals surface area contributed by atoms with Crippen LogP contribution in [-0.4, -0.2) is 11.0 Å². The zero-order valence-electron chi connectivity index (χ0n) is 15.3. The monoisotopic (exact) mass is 423 g/mol. The average molecular weight is 424 g/mol. The number of carbonyl (C=O) groups excluding carboxylic acids is 1. The van der Waals surface area contributed by atoms with Gasteiger partial charge in [-0.3, -0.25) is 4.98 Å². The van der Waals surface area contributed by atoms with Gasteiger partial charge in [-0.25, -0.2) is 4.79 Å². The van der Waals surface area contributed by atoms with Gasteiger partial charge in [0.1, 0.15) is 5.75 Å². The van der Waals surface area contributed by atoms with Crippen LogP contribution in [0, 0.1) is 0 Å². The van der Waals surface area contributed by atoms with Crippen LogP contribution in [0.1, 0.15) is 42.1 Å². The van der Waals surface area contributed by atoms with E-state index >= 15 is 0 Å². The Bertz CT molecular complexity index is 872. The van der Waals surface area contributed by atoms with Crippen molar-refractivity contribution in [1.82, 2.24) is 4.98 Å². The number of aryl methyl sites for hydroxylation is 1.